The van der Waals surface area contributed by atoms with Gasteiger partial charge in [-0.25, -0.2) is 4.39 Å². The van der Waals surface area contributed by atoms with Crippen LogP contribution in [-0.4, -0.2) is 32.5 Å². The van der Waals surface area contributed by atoms with Gasteiger partial charge in [-0.2, -0.15) is 0 Å². The normalized spacial score (nSPS) is 33.0. The molecule has 1 aliphatic heterocycles. The number of hydrogen-bond donors (Lipinski definition) is 1. The van der Waals surface area contributed by atoms with Gasteiger partial charge in [0.15, 0.2) is 0 Å². The van der Waals surface area contributed by atoms with Crippen molar-refractivity contribution >= 4 is 12.4 Å². The number of alkyl halides is 1. The topological polar surface area (TPSA) is 21.3 Å². The highest BCUT2D eigenvalue weighted by molar-refractivity contribution is 5.85. The highest BCUT2D eigenvalue weighted by Crippen LogP contribution is 2.09. The molecule has 1 heterocycles. The molecule has 0 amide bonds. The molecular weight excluding hydrogens is 157 g/mol. The Morgan fingerprint density at radius 1 is 1.60 bits per heavy atom. The summed E-state index contributed by atoms with van der Waals surface area (Å²) in [4.78, 5) is 0. The molecule has 0 aromatic rings. The highest BCUT2D eigenvalue weighted by Gasteiger charge is 2.22. The Balaban J connectivity index is 0.000000810. The average molecular weight is 170 g/mol. The van der Waals surface area contributed by atoms with E-state index in [1.54, 1.807) is 7.05 Å². The molecule has 1 fully saturated rings. The molecule has 0 saturated carbocycles. The second-order valence-electron chi connectivity index (χ2n) is 2.27. The maximum atomic E-state index is 12.7. The first-order valence-corrected chi connectivity index (χ1v) is 3.23. The molecule has 4 heteroatoms. The van der Waals surface area contributed by atoms with Crippen molar-refractivity contribution in [2.45, 2.75) is 18.6 Å². The standard InChI is InChI=1S/C6H12FNO.ClH/c1-8-6-2-3-9-4-5(6)7;/h5-6,8H,2-4H2,1H3;1H. The van der Waals surface area contributed by atoms with Crippen molar-refractivity contribution in [3.63, 3.8) is 0 Å². The number of hydrogen-bond acceptors (Lipinski definition) is 2. The van der Waals surface area contributed by atoms with Crippen LogP contribution in [0.15, 0.2) is 0 Å². The van der Waals surface area contributed by atoms with E-state index in [2.05, 4.69) is 5.32 Å². The van der Waals surface area contributed by atoms with Gasteiger partial charge in [-0.1, -0.05) is 0 Å². The summed E-state index contributed by atoms with van der Waals surface area (Å²) in [6.07, 6.45) is -0.0266. The van der Waals surface area contributed by atoms with Gasteiger partial charge in [0.25, 0.3) is 0 Å². The zero-order valence-electron chi connectivity index (χ0n) is 5.97. The van der Waals surface area contributed by atoms with Crippen LogP contribution in [0.25, 0.3) is 0 Å². The van der Waals surface area contributed by atoms with E-state index in [4.69, 9.17) is 4.74 Å². The second kappa shape index (κ2) is 4.88. The van der Waals surface area contributed by atoms with E-state index in [0.717, 1.165) is 6.42 Å². The Kier molecular flexibility index (Phi) is 4.95. The molecule has 62 valence electrons. The lowest BCUT2D eigenvalue weighted by molar-refractivity contribution is 0.0160. The maximum absolute atomic E-state index is 12.7. The molecule has 0 aliphatic carbocycles. The van der Waals surface area contributed by atoms with E-state index in [-0.39, 0.29) is 25.1 Å². The highest BCUT2D eigenvalue weighted by atomic mass is 35.5. The molecule has 10 heavy (non-hydrogen) atoms. The fourth-order valence-electron chi connectivity index (χ4n) is 1.03. The molecule has 2 nitrogen and oxygen atoms in total. The number of ether oxygens (including phenoxy) is 1. The van der Waals surface area contributed by atoms with Gasteiger partial charge in [-0.15, -0.1) is 12.4 Å². The summed E-state index contributed by atoms with van der Waals surface area (Å²) in [6.45, 7) is 0.942. The molecule has 0 spiro atoms. The summed E-state index contributed by atoms with van der Waals surface area (Å²) in [7, 11) is 1.78. The summed E-state index contributed by atoms with van der Waals surface area (Å²) in [5.74, 6) is 0. The molecule has 1 saturated heterocycles. The number of nitrogens with one attached hydrogen (secondary N) is 1. The van der Waals surface area contributed by atoms with Crippen LogP contribution in [0.4, 0.5) is 4.39 Å². The van der Waals surface area contributed by atoms with Gasteiger partial charge in [0, 0.05) is 12.6 Å². The van der Waals surface area contributed by atoms with E-state index >= 15 is 0 Å². The third-order valence-corrected chi connectivity index (χ3v) is 1.66. The molecule has 0 aromatic carbocycles. The predicted octanol–water partition coefficient (Wildman–Crippen LogP) is 0.755. The minimum absolute atomic E-state index is 0. The van der Waals surface area contributed by atoms with Gasteiger partial charge in [-0.3, -0.25) is 0 Å². The van der Waals surface area contributed by atoms with E-state index in [0.29, 0.717) is 6.61 Å². The van der Waals surface area contributed by atoms with Crippen molar-refractivity contribution in [2.75, 3.05) is 20.3 Å². The third-order valence-electron chi connectivity index (χ3n) is 1.66. The van der Waals surface area contributed by atoms with Crippen molar-refractivity contribution < 1.29 is 9.13 Å². The van der Waals surface area contributed by atoms with Gasteiger partial charge in [0.1, 0.15) is 6.17 Å². The van der Waals surface area contributed by atoms with Gasteiger partial charge in [-0.05, 0) is 13.5 Å². The lowest BCUT2D eigenvalue weighted by Gasteiger charge is -2.25. The van der Waals surface area contributed by atoms with Crippen LogP contribution in [0.1, 0.15) is 6.42 Å². The maximum Gasteiger partial charge on any atom is 0.139 e. The summed E-state index contributed by atoms with van der Waals surface area (Å²) < 4.78 is 17.6. The first-order chi connectivity index (χ1) is 4.34. The molecule has 1 rings (SSSR count). The van der Waals surface area contributed by atoms with Gasteiger partial charge in [0.2, 0.25) is 0 Å². The van der Waals surface area contributed by atoms with Crippen molar-refractivity contribution in [1.29, 1.82) is 0 Å². The molecular formula is C6H13ClFNO. The van der Waals surface area contributed by atoms with Gasteiger partial charge in [0.05, 0.1) is 6.61 Å². The van der Waals surface area contributed by atoms with Crippen molar-refractivity contribution in [3.8, 4) is 0 Å². The summed E-state index contributed by atoms with van der Waals surface area (Å²) in [5, 5.41) is 2.90. The monoisotopic (exact) mass is 169 g/mol. The van der Waals surface area contributed by atoms with Crippen LogP contribution in [-0.2, 0) is 4.74 Å². The van der Waals surface area contributed by atoms with Gasteiger partial charge < -0.3 is 10.1 Å². The van der Waals surface area contributed by atoms with E-state index in [1.807, 2.05) is 0 Å². The lowest BCUT2D eigenvalue weighted by Crippen LogP contribution is -2.42. The van der Waals surface area contributed by atoms with Crippen LogP contribution in [0.2, 0.25) is 0 Å². The van der Waals surface area contributed by atoms with Crippen LogP contribution in [0.5, 0.6) is 0 Å². The number of rotatable bonds is 1. The Bertz CT molecular complexity index is 93.8. The molecule has 0 radical (unpaired) electrons. The van der Waals surface area contributed by atoms with Crippen LogP contribution >= 0.6 is 12.4 Å². The van der Waals surface area contributed by atoms with Crippen LogP contribution in [0.3, 0.4) is 0 Å². The Labute approximate surface area is 66.5 Å². The molecule has 0 aromatic heterocycles. The predicted molar refractivity (Wildman–Crippen MR) is 40.4 cm³/mol. The zero-order chi connectivity index (χ0) is 6.69. The molecule has 1 N–H and O–H groups in total. The largest absolute Gasteiger partial charge is 0.378 e. The second-order valence-corrected chi connectivity index (χ2v) is 2.27. The van der Waals surface area contributed by atoms with Crippen molar-refractivity contribution in [2.24, 2.45) is 0 Å². The summed E-state index contributed by atoms with van der Waals surface area (Å²) in [5.41, 5.74) is 0. The Morgan fingerprint density at radius 3 is 2.70 bits per heavy atom. The fraction of sp³-hybridized carbons (Fsp3) is 1.00. The van der Waals surface area contributed by atoms with Gasteiger partial charge >= 0.3 is 0 Å². The van der Waals surface area contributed by atoms with E-state index in [1.165, 1.54) is 0 Å². The Hall–Kier alpha value is 0.140. The minimum Gasteiger partial charge on any atom is -0.378 e. The lowest BCUT2D eigenvalue weighted by atomic mass is 10.1. The molecule has 2 unspecified atom stereocenters. The first-order valence-electron chi connectivity index (χ1n) is 3.23. The smallest absolute Gasteiger partial charge is 0.139 e. The summed E-state index contributed by atoms with van der Waals surface area (Å²) in [6, 6.07) is 0.0127. The molecule has 0 bridgehead atoms. The quantitative estimate of drug-likeness (QED) is 0.626. The zero-order valence-corrected chi connectivity index (χ0v) is 6.79. The fourth-order valence-corrected chi connectivity index (χ4v) is 1.03. The van der Waals surface area contributed by atoms with Crippen molar-refractivity contribution in [3.05, 3.63) is 0 Å². The molecule has 2 atom stereocenters. The van der Waals surface area contributed by atoms with Crippen molar-refractivity contribution in [1.82, 2.24) is 5.32 Å². The van der Waals surface area contributed by atoms with Crippen LogP contribution < -0.4 is 5.32 Å². The average Bonchev–Trinajstić information content (AvgIpc) is 1.89. The SMILES string of the molecule is CNC1CCOCC1F.Cl. The minimum atomic E-state index is -0.816. The van der Waals surface area contributed by atoms with E-state index in [9.17, 15) is 4.39 Å². The molecule has 1 aliphatic rings. The first kappa shape index (κ1) is 10.1. The summed E-state index contributed by atoms with van der Waals surface area (Å²) >= 11 is 0. The Morgan fingerprint density at radius 2 is 2.30 bits per heavy atom. The van der Waals surface area contributed by atoms with Crippen LogP contribution in [0, 0.1) is 0 Å². The number of halogens is 2. The van der Waals surface area contributed by atoms with E-state index < -0.39 is 6.17 Å². The third kappa shape index (κ3) is 2.40.